The van der Waals surface area contributed by atoms with E-state index in [2.05, 4.69) is 6.58 Å². The van der Waals surface area contributed by atoms with Crippen molar-refractivity contribution in [1.82, 2.24) is 0 Å². The Kier molecular flexibility index (Phi) is 11.9. The van der Waals surface area contributed by atoms with E-state index >= 15 is 0 Å². The predicted octanol–water partition coefficient (Wildman–Crippen LogP) is -2.12. The zero-order valence-corrected chi connectivity index (χ0v) is 7.14. The molecule has 0 saturated heterocycles. The number of allylic oxidation sites excluding steroid dienone is 1. The Morgan fingerprint density at radius 2 is 2.00 bits per heavy atom. The minimum atomic E-state index is -0.946. The maximum Gasteiger partial charge on any atom is 1.00 e. The van der Waals surface area contributed by atoms with Crippen LogP contribution in [0.2, 0.25) is 0 Å². The van der Waals surface area contributed by atoms with E-state index in [1.165, 1.54) is 0 Å². The Hall–Kier alpha value is -0.193. The van der Waals surface area contributed by atoms with E-state index < -0.39 is 5.97 Å². The van der Waals surface area contributed by atoms with E-state index in [1.54, 1.807) is 0 Å². The van der Waals surface area contributed by atoms with Crippen LogP contribution in [0.4, 0.5) is 0 Å². The van der Waals surface area contributed by atoms with Crippen molar-refractivity contribution >= 4 is 5.97 Å². The van der Waals surface area contributed by atoms with Crippen LogP contribution in [0.3, 0.4) is 0 Å². The van der Waals surface area contributed by atoms with Gasteiger partial charge >= 0.3 is 18.9 Å². The van der Waals surface area contributed by atoms with E-state index in [9.17, 15) is 9.90 Å². The number of carboxylic acid groups (broad SMARTS) is 1. The van der Waals surface area contributed by atoms with Crippen molar-refractivity contribution in [3.63, 3.8) is 0 Å². The summed E-state index contributed by atoms with van der Waals surface area (Å²) in [7, 11) is 0. The fourth-order valence-electron chi connectivity index (χ4n) is 0.735. The molecule has 0 spiro atoms. The van der Waals surface area contributed by atoms with Crippen molar-refractivity contribution < 1.29 is 28.8 Å². The number of carboxylic acids is 1. The van der Waals surface area contributed by atoms with Crippen molar-refractivity contribution in [3.05, 3.63) is 12.7 Å². The van der Waals surface area contributed by atoms with Crippen molar-refractivity contribution in [3.8, 4) is 0 Å². The number of carbonyl (C=O) groups excluding carboxylic acids is 1. The standard InChI is InChI=1S/C8H14O2.Li/c1-2-3-4-5-6-7-8(9)10;/h2H,1,3-7H2,(H,9,10);/q;+1/p-1. The Labute approximate surface area is 79.9 Å². The SMILES string of the molecule is C=CCCCCCC(=O)[O-].[Li+]. The van der Waals surface area contributed by atoms with Crippen LogP contribution in [0.5, 0.6) is 0 Å². The molecule has 0 aromatic rings. The number of unbranched alkanes of at least 4 members (excludes halogenated alkanes) is 3. The summed E-state index contributed by atoms with van der Waals surface area (Å²) in [4.78, 5) is 9.90. The summed E-state index contributed by atoms with van der Waals surface area (Å²) in [5.41, 5.74) is 0. The summed E-state index contributed by atoms with van der Waals surface area (Å²) in [5, 5.41) is 9.90. The molecule has 2 nitrogen and oxygen atoms in total. The van der Waals surface area contributed by atoms with Crippen LogP contribution >= 0.6 is 0 Å². The van der Waals surface area contributed by atoms with Gasteiger partial charge in [0.1, 0.15) is 0 Å². The quantitative estimate of drug-likeness (QED) is 0.245. The molecule has 0 bridgehead atoms. The minimum absolute atomic E-state index is 0. The number of rotatable bonds is 6. The summed E-state index contributed by atoms with van der Waals surface area (Å²) in [6.07, 6.45) is 5.75. The van der Waals surface area contributed by atoms with Crippen LogP contribution in [-0.4, -0.2) is 5.97 Å². The third kappa shape index (κ3) is 12.9. The van der Waals surface area contributed by atoms with E-state index in [0.717, 1.165) is 25.7 Å². The van der Waals surface area contributed by atoms with Crippen LogP contribution in [0.1, 0.15) is 32.1 Å². The molecule has 0 rings (SSSR count). The maximum atomic E-state index is 9.90. The molecular weight excluding hydrogens is 135 g/mol. The normalized spacial score (nSPS) is 8.36. The van der Waals surface area contributed by atoms with Gasteiger partial charge in [-0.3, -0.25) is 0 Å². The van der Waals surface area contributed by atoms with Crippen LogP contribution in [0.25, 0.3) is 0 Å². The average molecular weight is 148 g/mol. The van der Waals surface area contributed by atoms with Gasteiger partial charge in [-0.05, 0) is 25.7 Å². The van der Waals surface area contributed by atoms with Crippen molar-refractivity contribution in [2.24, 2.45) is 0 Å². The first kappa shape index (κ1) is 13.4. The first-order valence-electron chi connectivity index (χ1n) is 3.58. The second-order valence-electron chi connectivity index (χ2n) is 2.26. The smallest absolute Gasteiger partial charge is 0.550 e. The molecule has 0 saturated carbocycles. The Morgan fingerprint density at radius 1 is 1.36 bits per heavy atom. The fraction of sp³-hybridized carbons (Fsp3) is 0.625. The van der Waals surface area contributed by atoms with E-state index in [1.807, 2.05) is 6.08 Å². The van der Waals surface area contributed by atoms with Crippen LogP contribution < -0.4 is 24.0 Å². The Morgan fingerprint density at radius 3 is 2.45 bits per heavy atom. The second-order valence-corrected chi connectivity index (χ2v) is 2.26. The van der Waals surface area contributed by atoms with Crippen LogP contribution in [0.15, 0.2) is 12.7 Å². The fourth-order valence-corrected chi connectivity index (χ4v) is 0.735. The van der Waals surface area contributed by atoms with E-state index in [0.29, 0.717) is 0 Å². The second kappa shape index (κ2) is 9.81. The van der Waals surface area contributed by atoms with Gasteiger partial charge in [-0.15, -0.1) is 6.58 Å². The van der Waals surface area contributed by atoms with Gasteiger partial charge in [-0.2, -0.15) is 0 Å². The molecule has 0 aliphatic rings. The molecule has 0 aliphatic heterocycles. The molecule has 58 valence electrons. The van der Waals surface area contributed by atoms with E-state index in [-0.39, 0.29) is 25.3 Å². The van der Waals surface area contributed by atoms with Gasteiger partial charge in [0.15, 0.2) is 0 Å². The van der Waals surface area contributed by atoms with Gasteiger partial charge in [0.2, 0.25) is 0 Å². The number of hydrogen-bond donors (Lipinski definition) is 0. The predicted molar refractivity (Wildman–Crippen MR) is 38.3 cm³/mol. The summed E-state index contributed by atoms with van der Waals surface area (Å²) >= 11 is 0. The Bertz CT molecular complexity index is 113. The van der Waals surface area contributed by atoms with Gasteiger partial charge in [-0.25, -0.2) is 0 Å². The zero-order valence-electron chi connectivity index (χ0n) is 7.14. The first-order chi connectivity index (χ1) is 4.77. The number of aliphatic carboxylic acids is 1. The van der Waals surface area contributed by atoms with Gasteiger partial charge in [0.25, 0.3) is 0 Å². The van der Waals surface area contributed by atoms with Gasteiger partial charge in [0.05, 0.1) is 0 Å². The van der Waals surface area contributed by atoms with E-state index in [4.69, 9.17) is 0 Å². The van der Waals surface area contributed by atoms with Crippen LogP contribution in [0, 0.1) is 0 Å². The molecule has 0 aromatic carbocycles. The number of carbonyl (C=O) groups is 1. The molecule has 11 heavy (non-hydrogen) atoms. The molecule has 0 radical (unpaired) electrons. The number of hydrogen-bond acceptors (Lipinski definition) is 2. The minimum Gasteiger partial charge on any atom is -0.550 e. The third-order valence-corrected chi connectivity index (χ3v) is 1.29. The van der Waals surface area contributed by atoms with Crippen molar-refractivity contribution in [2.75, 3.05) is 0 Å². The molecule has 0 unspecified atom stereocenters. The summed E-state index contributed by atoms with van der Waals surface area (Å²) < 4.78 is 0. The monoisotopic (exact) mass is 148 g/mol. The van der Waals surface area contributed by atoms with Gasteiger partial charge < -0.3 is 9.90 Å². The summed E-state index contributed by atoms with van der Waals surface area (Å²) in [6, 6.07) is 0. The maximum absolute atomic E-state index is 9.90. The molecule has 0 atom stereocenters. The topological polar surface area (TPSA) is 40.1 Å². The van der Waals surface area contributed by atoms with Crippen molar-refractivity contribution in [1.29, 1.82) is 0 Å². The van der Waals surface area contributed by atoms with Gasteiger partial charge in [0, 0.05) is 5.97 Å². The molecule has 0 aliphatic carbocycles. The third-order valence-electron chi connectivity index (χ3n) is 1.29. The summed E-state index contributed by atoms with van der Waals surface area (Å²) in [5.74, 6) is -0.946. The zero-order chi connectivity index (χ0) is 7.82. The summed E-state index contributed by atoms with van der Waals surface area (Å²) in [6.45, 7) is 3.56. The van der Waals surface area contributed by atoms with Gasteiger partial charge in [-0.1, -0.05) is 12.5 Å². The molecule has 0 N–H and O–H groups in total. The average Bonchev–Trinajstić information content (AvgIpc) is 1.87. The molecular formula is C8H13LiO2. The molecule has 0 heterocycles. The molecule has 0 fully saturated rings. The Balaban J connectivity index is 0. The molecule has 0 amide bonds. The molecule has 0 aromatic heterocycles. The largest absolute Gasteiger partial charge is 1.00 e. The van der Waals surface area contributed by atoms with Crippen molar-refractivity contribution in [2.45, 2.75) is 32.1 Å². The van der Waals surface area contributed by atoms with Crippen LogP contribution in [-0.2, 0) is 4.79 Å². The molecule has 3 heteroatoms. The first-order valence-corrected chi connectivity index (χ1v) is 3.58.